The van der Waals surface area contributed by atoms with Gasteiger partial charge in [-0.25, -0.2) is 9.59 Å². The van der Waals surface area contributed by atoms with E-state index in [-0.39, 0.29) is 6.10 Å². The van der Waals surface area contributed by atoms with Crippen LogP contribution in [0.5, 0.6) is 0 Å². The van der Waals surface area contributed by atoms with Crippen LogP contribution in [0.1, 0.15) is 75.8 Å². The van der Waals surface area contributed by atoms with Crippen LogP contribution < -0.4 is 0 Å². The zero-order valence-corrected chi connectivity index (χ0v) is 23.7. The molecule has 4 saturated heterocycles. The van der Waals surface area contributed by atoms with Gasteiger partial charge in [0, 0.05) is 51.6 Å². The molecule has 0 saturated carbocycles. The Kier molecular flexibility index (Phi) is 7.87. The van der Waals surface area contributed by atoms with Gasteiger partial charge < -0.3 is 23.6 Å². The van der Waals surface area contributed by atoms with Crippen LogP contribution >= 0.6 is 0 Å². The molecule has 1 amide bonds. The van der Waals surface area contributed by atoms with Crippen LogP contribution in [-0.2, 0) is 24.6 Å². The predicted molar refractivity (Wildman–Crippen MR) is 151 cm³/mol. The zero-order valence-electron chi connectivity index (χ0n) is 23.7. The van der Waals surface area contributed by atoms with E-state index in [0.29, 0.717) is 36.3 Å². The van der Waals surface area contributed by atoms with Gasteiger partial charge in [0.15, 0.2) is 0 Å². The van der Waals surface area contributed by atoms with Crippen molar-refractivity contribution in [3.05, 3.63) is 71.8 Å². The molecule has 4 fully saturated rings. The van der Waals surface area contributed by atoms with Crippen LogP contribution in [0.4, 0.5) is 4.79 Å². The fourth-order valence-electron chi connectivity index (χ4n) is 8.04. The number of carbonyl (C=O) groups excluding carboxylic acids is 2. The number of quaternary nitrogens is 1. The average Bonchev–Trinajstić information content (AvgIpc) is 3.53. The van der Waals surface area contributed by atoms with Gasteiger partial charge in [-0.3, -0.25) is 0 Å². The summed E-state index contributed by atoms with van der Waals surface area (Å²) in [5.74, 6) is -0.440. The third kappa shape index (κ3) is 5.03. The summed E-state index contributed by atoms with van der Waals surface area (Å²) in [6, 6.07) is 20.2. The molecule has 0 N–H and O–H groups in total. The molecule has 4 aliphatic heterocycles. The molecule has 2 aromatic carbocycles. The number of likely N-dealkylation sites (tertiary alicyclic amines) is 1. The molecule has 3 atom stereocenters. The highest BCUT2D eigenvalue weighted by Crippen LogP contribution is 2.47. The number of amides is 1. The van der Waals surface area contributed by atoms with Gasteiger partial charge in [0.05, 0.1) is 25.2 Å². The molecular formula is C33H43N2O5+. The highest BCUT2D eigenvalue weighted by Gasteiger charge is 2.57. The Hall–Kier alpha value is -2.90. The Labute approximate surface area is 238 Å². The van der Waals surface area contributed by atoms with Crippen molar-refractivity contribution >= 4 is 12.1 Å². The largest absolute Gasteiger partial charge is 0.459 e. The Balaban J connectivity index is 1.28. The second kappa shape index (κ2) is 11.5. The summed E-state index contributed by atoms with van der Waals surface area (Å²) >= 11 is 0. The van der Waals surface area contributed by atoms with Crippen LogP contribution in [0.25, 0.3) is 0 Å². The van der Waals surface area contributed by atoms with Crippen LogP contribution in [0.3, 0.4) is 0 Å². The van der Waals surface area contributed by atoms with Gasteiger partial charge in [0.25, 0.3) is 0 Å². The number of esters is 1. The molecule has 4 heterocycles. The van der Waals surface area contributed by atoms with Gasteiger partial charge >= 0.3 is 12.1 Å². The van der Waals surface area contributed by atoms with Crippen molar-refractivity contribution in [3.8, 4) is 0 Å². The van der Waals surface area contributed by atoms with E-state index in [4.69, 9.17) is 14.2 Å². The first-order chi connectivity index (χ1) is 19.5. The van der Waals surface area contributed by atoms with E-state index in [1.54, 1.807) is 11.8 Å². The standard InChI is InChI=1S/C33H43N2O5/c1-25(38-32(37)34-19-9-4-10-20-34)40-33(26-13-5-2-6-14-26,27-15-7-3-8-16-27)31(36)39-30-23-28-17-18-29(24-30)35(28)21-11-12-22-35/h2-3,5-8,13-16,25,28-30H,4,9-12,17-24H2,1H3/q+1/t25-,28?,29?,30?/m0/s1. The maximum Gasteiger partial charge on any atom is 0.412 e. The molecule has 2 bridgehead atoms. The van der Waals surface area contributed by atoms with Crippen molar-refractivity contribution in [2.45, 2.75) is 94.8 Å². The molecular weight excluding hydrogens is 504 g/mol. The zero-order chi connectivity index (χ0) is 27.6. The van der Waals surface area contributed by atoms with Crippen LogP contribution in [0, 0.1) is 0 Å². The highest BCUT2D eigenvalue weighted by molar-refractivity contribution is 5.86. The summed E-state index contributed by atoms with van der Waals surface area (Å²) in [6.45, 7) is 5.60. The fraction of sp³-hybridized carbons (Fsp3) is 0.576. The van der Waals surface area contributed by atoms with E-state index in [1.165, 1.54) is 43.3 Å². The minimum atomic E-state index is -1.57. The first kappa shape index (κ1) is 27.3. The number of carbonyl (C=O) groups is 2. The number of benzene rings is 2. The Morgan fingerprint density at radius 2 is 1.38 bits per heavy atom. The Bertz CT molecular complexity index is 1100. The summed E-state index contributed by atoms with van der Waals surface area (Å²) in [5, 5.41) is 0. The SMILES string of the molecule is C[C@@H](OC(=O)N1CCCCC1)OC(C(=O)OC1CC2CCC(C1)[N+]21CCCC1)(c1ccccc1)c1ccccc1. The van der Waals surface area contributed by atoms with Gasteiger partial charge in [-0.15, -0.1) is 0 Å². The van der Waals surface area contributed by atoms with Crippen molar-refractivity contribution in [2.24, 2.45) is 0 Å². The number of piperidine rings is 2. The molecule has 0 aliphatic carbocycles. The monoisotopic (exact) mass is 547 g/mol. The number of ether oxygens (including phenoxy) is 3. The lowest BCUT2D eigenvalue weighted by Gasteiger charge is -2.47. The third-order valence-corrected chi connectivity index (χ3v) is 9.90. The number of rotatable bonds is 7. The molecule has 2 aromatic rings. The highest BCUT2D eigenvalue weighted by atomic mass is 16.7. The number of hydrogen-bond donors (Lipinski definition) is 0. The van der Waals surface area contributed by atoms with E-state index < -0.39 is 24.0 Å². The van der Waals surface area contributed by atoms with E-state index in [9.17, 15) is 9.59 Å². The summed E-state index contributed by atoms with van der Waals surface area (Å²) < 4.78 is 20.1. The van der Waals surface area contributed by atoms with Gasteiger partial charge in [0.1, 0.15) is 6.10 Å². The van der Waals surface area contributed by atoms with Crippen molar-refractivity contribution in [3.63, 3.8) is 0 Å². The van der Waals surface area contributed by atoms with Crippen molar-refractivity contribution in [1.82, 2.24) is 4.90 Å². The number of hydrogen-bond acceptors (Lipinski definition) is 5. The molecule has 214 valence electrons. The third-order valence-electron chi connectivity index (χ3n) is 9.90. The van der Waals surface area contributed by atoms with E-state index >= 15 is 0 Å². The smallest absolute Gasteiger partial charge is 0.412 e. The fourth-order valence-corrected chi connectivity index (χ4v) is 8.04. The maximum absolute atomic E-state index is 14.5. The summed E-state index contributed by atoms with van der Waals surface area (Å²) in [6.07, 6.45) is 8.42. The predicted octanol–water partition coefficient (Wildman–Crippen LogP) is 5.76. The second-order valence-corrected chi connectivity index (χ2v) is 12.2. The van der Waals surface area contributed by atoms with Crippen molar-refractivity contribution in [1.29, 1.82) is 0 Å². The molecule has 1 spiro atoms. The van der Waals surface area contributed by atoms with Crippen LogP contribution in [-0.4, -0.2) is 72.1 Å². The molecule has 0 aromatic heterocycles. The lowest BCUT2D eigenvalue weighted by molar-refractivity contribution is -0.956. The Morgan fingerprint density at radius 1 is 0.825 bits per heavy atom. The average molecular weight is 548 g/mol. The minimum Gasteiger partial charge on any atom is -0.459 e. The summed E-state index contributed by atoms with van der Waals surface area (Å²) in [7, 11) is 0. The molecule has 0 radical (unpaired) electrons. The maximum atomic E-state index is 14.5. The first-order valence-electron chi connectivity index (χ1n) is 15.3. The lowest BCUT2D eigenvalue weighted by Crippen LogP contribution is -2.60. The summed E-state index contributed by atoms with van der Waals surface area (Å²) in [5.41, 5.74) is -0.247. The molecule has 7 heteroatoms. The first-order valence-corrected chi connectivity index (χ1v) is 15.3. The van der Waals surface area contributed by atoms with Crippen molar-refractivity contribution in [2.75, 3.05) is 26.2 Å². The van der Waals surface area contributed by atoms with Gasteiger partial charge in [-0.2, -0.15) is 0 Å². The van der Waals surface area contributed by atoms with E-state index in [1.807, 2.05) is 60.7 Å². The van der Waals surface area contributed by atoms with E-state index in [2.05, 4.69) is 0 Å². The van der Waals surface area contributed by atoms with Gasteiger partial charge in [-0.1, -0.05) is 60.7 Å². The van der Waals surface area contributed by atoms with Crippen LogP contribution in [0.2, 0.25) is 0 Å². The van der Waals surface area contributed by atoms with Crippen molar-refractivity contribution < 1.29 is 28.3 Å². The number of nitrogens with zero attached hydrogens (tertiary/aromatic N) is 2. The summed E-state index contributed by atoms with van der Waals surface area (Å²) in [4.78, 5) is 29.2. The van der Waals surface area contributed by atoms with Gasteiger partial charge in [-0.05, 0) is 37.3 Å². The second-order valence-electron chi connectivity index (χ2n) is 12.2. The topological polar surface area (TPSA) is 65.1 Å². The van der Waals surface area contributed by atoms with Gasteiger partial charge in [0.2, 0.25) is 11.9 Å². The molecule has 7 nitrogen and oxygen atoms in total. The van der Waals surface area contributed by atoms with E-state index in [0.717, 1.165) is 32.1 Å². The van der Waals surface area contributed by atoms with Crippen LogP contribution in [0.15, 0.2) is 60.7 Å². The lowest BCUT2D eigenvalue weighted by atomic mass is 9.85. The molecule has 6 rings (SSSR count). The minimum absolute atomic E-state index is 0.143. The molecule has 2 unspecified atom stereocenters. The molecule has 40 heavy (non-hydrogen) atoms. The Morgan fingerprint density at radius 3 is 1.93 bits per heavy atom. The normalized spacial score (nSPS) is 26.4. The quantitative estimate of drug-likeness (QED) is 0.250. The molecule has 4 aliphatic rings.